The monoisotopic (exact) mass is 268 g/mol. The molecule has 0 atom stereocenters. The van der Waals surface area contributed by atoms with Crippen molar-refractivity contribution in [3.63, 3.8) is 0 Å². The van der Waals surface area contributed by atoms with Crippen LogP contribution in [0.5, 0.6) is 0 Å². The van der Waals surface area contributed by atoms with E-state index in [0.717, 1.165) is 0 Å². The average molecular weight is 268 g/mol. The molecule has 10 heteroatoms. The van der Waals surface area contributed by atoms with E-state index in [1.807, 2.05) is 0 Å². The highest BCUT2D eigenvalue weighted by Gasteiger charge is 2.11. The Morgan fingerprint density at radius 1 is 0.800 bits per heavy atom. The topological polar surface area (TPSA) is 86.7 Å². The summed E-state index contributed by atoms with van der Waals surface area (Å²) in [5.41, 5.74) is 0. The molecule has 0 N–H and O–H groups in total. The zero-order chi connectivity index (χ0) is 11.9. The van der Waals surface area contributed by atoms with Crippen molar-refractivity contribution in [1.82, 2.24) is 0 Å². The van der Waals surface area contributed by atoms with Crippen LogP contribution in [0, 0.1) is 0 Å². The molecule has 0 aliphatic carbocycles. The highest BCUT2D eigenvalue weighted by Crippen LogP contribution is 1.98. The SMILES string of the molecule is O=S(=O)(CF)OCCCOS(=O)(=O)CF. The third kappa shape index (κ3) is 7.59. The lowest BCUT2D eigenvalue weighted by Crippen LogP contribution is -2.12. The fourth-order valence-corrected chi connectivity index (χ4v) is 1.36. The van der Waals surface area contributed by atoms with E-state index in [1.165, 1.54) is 0 Å². The van der Waals surface area contributed by atoms with Gasteiger partial charge in [-0.05, 0) is 6.42 Å². The van der Waals surface area contributed by atoms with E-state index in [-0.39, 0.29) is 6.42 Å². The summed E-state index contributed by atoms with van der Waals surface area (Å²) in [5.74, 6) is 0. The van der Waals surface area contributed by atoms with E-state index in [9.17, 15) is 25.6 Å². The van der Waals surface area contributed by atoms with Crippen LogP contribution in [0.2, 0.25) is 0 Å². The molecule has 0 aromatic rings. The molecule has 0 saturated heterocycles. The predicted octanol–water partition coefficient (Wildman–Crippen LogP) is -0.0767. The van der Waals surface area contributed by atoms with Crippen molar-refractivity contribution >= 4 is 20.2 Å². The molecule has 0 bridgehead atoms. The first-order chi connectivity index (χ1) is 6.83. The molecule has 0 aromatic carbocycles. The summed E-state index contributed by atoms with van der Waals surface area (Å²) in [6.45, 7) is -0.845. The summed E-state index contributed by atoms with van der Waals surface area (Å²) in [5, 5.41) is 0. The Morgan fingerprint density at radius 2 is 1.13 bits per heavy atom. The molecule has 0 spiro atoms. The van der Waals surface area contributed by atoms with Gasteiger partial charge in [0.1, 0.15) is 0 Å². The predicted molar refractivity (Wildman–Crippen MR) is 46.3 cm³/mol. The first-order valence-electron chi connectivity index (χ1n) is 3.69. The molecule has 15 heavy (non-hydrogen) atoms. The summed E-state index contributed by atoms with van der Waals surface area (Å²) in [7, 11) is -8.37. The molecule has 92 valence electrons. The largest absolute Gasteiger partial charge is 0.297 e. The van der Waals surface area contributed by atoms with E-state index in [2.05, 4.69) is 8.37 Å². The maximum absolute atomic E-state index is 11.6. The van der Waals surface area contributed by atoms with Gasteiger partial charge in [0.2, 0.25) is 12.0 Å². The van der Waals surface area contributed by atoms with Crippen LogP contribution >= 0.6 is 0 Å². The van der Waals surface area contributed by atoms with Crippen LogP contribution < -0.4 is 0 Å². The van der Waals surface area contributed by atoms with Gasteiger partial charge in [-0.15, -0.1) is 0 Å². The van der Waals surface area contributed by atoms with E-state index >= 15 is 0 Å². The summed E-state index contributed by atoms with van der Waals surface area (Å²) < 4.78 is 73.0. The van der Waals surface area contributed by atoms with E-state index in [1.54, 1.807) is 0 Å². The summed E-state index contributed by atoms with van der Waals surface area (Å²) >= 11 is 0. The van der Waals surface area contributed by atoms with Gasteiger partial charge in [-0.2, -0.15) is 16.8 Å². The van der Waals surface area contributed by atoms with Gasteiger partial charge in [0.15, 0.2) is 0 Å². The quantitative estimate of drug-likeness (QED) is 0.452. The zero-order valence-corrected chi connectivity index (χ0v) is 9.19. The lowest BCUT2D eigenvalue weighted by molar-refractivity contribution is 0.247. The molecule has 0 aromatic heterocycles. The van der Waals surface area contributed by atoms with Crippen LogP contribution in [0.25, 0.3) is 0 Å². The third-order valence-electron chi connectivity index (χ3n) is 1.08. The Labute approximate surface area is 86.4 Å². The minimum absolute atomic E-state index is 0.113. The molecule has 6 nitrogen and oxygen atoms in total. The smallest absolute Gasteiger partial charge is 0.268 e. The number of alkyl halides is 2. The maximum atomic E-state index is 11.6. The van der Waals surface area contributed by atoms with Crippen molar-refractivity contribution in [3.8, 4) is 0 Å². The molecule has 0 aliphatic rings. The lowest BCUT2D eigenvalue weighted by atomic mass is 10.5. The van der Waals surface area contributed by atoms with Gasteiger partial charge in [-0.1, -0.05) is 0 Å². The summed E-state index contributed by atoms with van der Waals surface area (Å²) in [6.07, 6.45) is -0.113. The van der Waals surface area contributed by atoms with Crippen molar-refractivity contribution in [2.45, 2.75) is 6.42 Å². The normalized spacial score (nSPS) is 12.9. The minimum Gasteiger partial charge on any atom is -0.268 e. The molecule has 0 aliphatic heterocycles. The standard InChI is InChI=1S/C5H10F2O6S2/c6-4-14(8,9)12-2-1-3-13-15(10,11)5-7/h1-5H2. The number of hydrogen-bond acceptors (Lipinski definition) is 6. The Bertz CT molecular complexity index is 325. The molecule has 0 radical (unpaired) electrons. The lowest BCUT2D eigenvalue weighted by Gasteiger charge is -2.02. The molecule has 0 saturated carbocycles. The van der Waals surface area contributed by atoms with Gasteiger partial charge in [-0.3, -0.25) is 8.37 Å². The van der Waals surface area contributed by atoms with Gasteiger partial charge in [-0.25, -0.2) is 8.78 Å². The number of halogens is 2. The Kier molecular flexibility index (Phi) is 6.17. The first kappa shape index (κ1) is 14.7. The van der Waals surface area contributed by atoms with Crippen LogP contribution in [0.1, 0.15) is 6.42 Å². The van der Waals surface area contributed by atoms with Crippen LogP contribution in [0.4, 0.5) is 8.78 Å². The van der Waals surface area contributed by atoms with Crippen molar-refractivity contribution in [2.75, 3.05) is 25.2 Å². The van der Waals surface area contributed by atoms with Crippen LogP contribution in [-0.4, -0.2) is 42.1 Å². The molecular formula is C5H10F2O6S2. The van der Waals surface area contributed by atoms with Crippen LogP contribution in [0.3, 0.4) is 0 Å². The van der Waals surface area contributed by atoms with Crippen molar-refractivity contribution < 1.29 is 34.0 Å². The highest BCUT2D eigenvalue weighted by atomic mass is 32.2. The Hall–Kier alpha value is -0.320. The van der Waals surface area contributed by atoms with Gasteiger partial charge < -0.3 is 0 Å². The molecule has 0 amide bonds. The molecule has 0 heterocycles. The van der Waals surface area contributed by atoms with Gasteiger partial charge >= 0.3 is 0 Å². The van der Waals surface area contributed by atoms with Crippen molar-refractivity contribution in [1.29, 1.82) is 0 Å². The first-order valence-corrected chi connectivity index (χ1v) is 6.84. The van der Waals surface area contributed by atoms with Gasteiger partial charge in [0.05, 0.1) is 13.2 Å². The molecule has 0 fully saturated rings. The Balaban J connectivity index is 3.66. The Morgan fingerprint density at radius 3 is 1.40 bits per heavy atom. The molecule has 0 rings (SSSR count). The highest BCUT2D eigenvalue weighted by molar-refractivity contribution is 7.86. The van der Waals surface area contributed by atoms with Gasteiger partial charge in [0, 0.05) is 0 Å². The van der Waals surface area contributed by atoms with Gasteiger partial charge in [0.25, 0.3) is 20.2 Å². The zero-order valence-electron chi connectivity index (χ0n) is 7.56. The van der Waals surface area contributed by atoms with Crippen LogP contribution in [-0.2, 0) is 28.6 Å². The summed E-state index contributed by atoms with van der Waals surface area (Å²) in [4.78, 5) is 0. The average Bonchev–Trinajstić information content (AvgIpc) is 2.17. The third-order valence-corrected chi connectivity index (χ3v) is 2.67. The molecular weight excluding hydrogens is 258 g/mol. The molecule has 0 unspecified atom stereocenters. The fourth-order valence-electron chi connectivity index (χ4n) is 0.494. The second kappa shape index (κ2) is 6.30. The van der Waals surface area contributed by atoms with Crippen LogP contribution in [0.15, 0.2) is 0 Å². The maximum Gasteiger partial charge on any atom is 0.297 e. The minimum atomic E-state index is -4.19. The van der Waals surface area contributed by atoms with E-state index in [4.69, 9.17) is 0 Å². The summed E-state index contributed by atoms with van der Waals surface area (Å²) in [6, 6.07) is -3.31. The van der Waals surface area contributed by atoms with E-state index < -0.39 is 45.5 Å². The van der Waals surface area contributed by atoms with E-state index in [0.29, 0.717) is 0 Å². The van der Waals surface area contributed by atoms with Crippen molar-refractivity contribution in [3.05, 3.63) is 0 Å². The van der Waals surface area contributed by atoms with Crippen molar-refractivity contribution in [2.24, 2.45) is 0 Å². The second-order valence-corrected chi connectivity index (χ2v) is 5.47. The number of hydrogen-bond donors (Lipinski definition) is 0. The number of rotatable bonds is 8. The fraction of sp³-hybridized carbons (Fsp3) is 1.00. The second-order valence-electron chi connectivity index (χ2n) is 2.33.